The lowest BCUT2D eigenvalue weighted by atomic mass is 10.1. The highest BCUT2D eigenvalue weighted by molar-refractivity contribution is 5.68. The smallest absolute Gasteiger partial charge is 0.305 e. The van der Waals surface area contributed by atoms with Crippen LogP contribution in [0.15, 0.2) is 24.3 Å². The van der Waals surface area contributed by atoms with Crippen LogP contribution in [-0.2, 0) is 14.3 Å². The van der Waals surface area contributed by atoms with Crippen LogP contribution in [0.5, 0.6) is 0 Å². The van der Waals surface area contributed by atoms with Crippen molar-refractivity contribution in [3.63, 3.8) is 0 Å². The molecule has 22 heavy (non-hydrogen) atoms. The molecule has 3 nitrogen and oxygen atoms in total. The number of carbonyl (C=O) groups excluding carboxylic acids is 1. The zero-order valence-electron chi connectivity index (χ0n) is 14.3. The molecule has 1 rings (SSSR count). The Morgan fingerprint density at radius 2 is 1.55 bits per heavy atom. The molecule has 0 aromatic rings. The van der Waals surface area contributed by atoms with Gasteiger partial charge in [-0.25, -0.2) is 0 Å². The molecule has 0 amide bonds. The number of unbranched alkanes of at least 4 members (excludes halogenated alkanes) is 5. The minimum Gasteiger partial charge on any atom is -0.469 e. The molecule has 0 bridgehead atoms. The second kappa shape index (κ2) is 12.5. The van der Waals surface area contributed by atoms with E-state index >= 15 is 0 Å². The average Bonchev–Trinajstić information content (AvgIpc) is 3.28. The first-order valence-electron chi connectivity index (χ1n) is 8.80. The van der Waals surface area contributed by atoms with E-state index in [9.17, 15) is 4.79 Å². The molecule has 1 heterocycles. The molecule has 0 aliphatic carbocycles. The van der Waals surface area contributed by atoms with Crippen molar-refractivity contribution in [2.24, 2.45) is 0 Å². The van der Waals surface area contributed by atoms with E-state index in [0.717, 1.165) is 32.1 Å². The summed E-state index contributed by atoms with van der Waals surface area (Å²) < 4.78 is 10.3. The number of methoxy groups -OCH3 is 1. The van der Waals surface area contributed by atoms with Gasteiger partial charge in [0.25, 0.3) is 0 Å². The second-order valence-corrected chi connectivity index (χ2v) is 5.94. The number of hydrogen-bond acceptors (Lipinski definition) is 3. The molecule has 1 aliphatic heterocycles. The second-order valence-electron chi connectivity index (χ2n) is 5.94. The molecule has 1 fully saturated rings. The third-order valence-corrected chi connectivity index (χ3v) is 3.96. The molecule has 0 unspecified atom stereocenters. The Bertz CT molecular complexity index is 347. The molecule has 0 N–H and O–H groups in total. The van der Waals surface area contributed by atoms with E-state index in [1.54, 1.807) is 0 Å². The van der Waals surface area contributed by atoms with Gasteiger partial charge >= 0.3 is 5.97 Å². The van der Waals surface area contributed by atoms with Gasteiger partial charge in [-0.3, -0.25) is 4.79 Å². The molecule has 2 atom stereocenters. The van der Waals surface area contributed by atoms with Crippen molar-refractivity contribution >= 4 is 5.97 Å². The molecule has 0 saturated carbocycles. The zero-order valence-corrected chi connectivity index (χ0v) is 14.3. The maximum Gasteiger partial charge on any atom is 0.305 e. The van der Waals surface area contributed by atoms with E-state index in [2.05, 4.69) is 36.0 Å². The van der Waals surface area contributed by atoms with Crippen LogP contribution in [0.4, 0.5) is 0 Å². The van der Waals surface area contributed by atoms with Crippen molar-refractivity contribution in [1.29, 1.82) is 0 Å². The van der Waals surface area contributed by atoms with Gasteiger partial charge < -0.3 is 9.47 Å². The lowest BCUT2D eigenvalue weighted by Gasteiger charge is -1.96. The van der Waals surface area contributed by atoms with Gasteiger partial charge in [0.15, 0.2) is 0 Å². The van der Waals surface area contributed by atoms with Gasteiger partial charge in [0.1, 0.15) is 0 Å². The van der Waals surface area contributed by atoms with Crippen LogP contribution in [0.3, 0.4) is 0 Å². The van der Waals surface area contributed by atoms with Gasteiger partial charge in [-0.2, -0.15) is 0 Å². The first kappa shape index (κ1) is 19.0. The molecular formula is C19H32O3. The predicted molar refractivity (Wildman–Crippen MR) is 90.8 cm³/mol. The Morgan fingerprint density at radius 1 is 0.955 bits per heavy atom. The number of carbonyl (C=O) groups is 1. The minimum absolute atomic E-state index is 0.110. The lowest BCUT2D eigenvalue weighted by molar-refractivity contribution is -0.140. The SMILES string of the molecule is CCCCC/C=C\C[C@@H]1O[C@@H]1C/C=C\CCCCC(=O)OC. The monoisotopic (exact) mass is 308 g/mol. The summed E-state index contributed by atoms with van der Waals surface area (Å²) in [6, 6.07) is 0. The number of ether oxygens (including phenoxy) is 2. The average molecular weight is 308 g/mol. The molecule has 126 valence electrons. The summed E-state index contributed by atoms with van der Waals surface area (Å²) in [5.74, 6) is -0.110. The summed E-state index contributed by atoms with van der Waals surface area (Å²) in [6.45, 7) is 2.24. The van der Waals surface area contributed by atoms with Gasteiger partial charge in [-0.1, -0.05) is 44.1 Å². The van der Waals surface area contributed by atoms with Gasteiger partial charge in [0, 0.05) is 6.42 Å². The van der Waals surface area contributed by atoms with E-state index in [1.807, 2.05) is 0 Å². The first-order chi connectivity index (χ1) is 10.8. The predicted octanol–water partition coefficient (Wildman–Crippen LogP) is 4.96. The highest BCUT2D eigenvalue weighted by Crippen LogP contribution is 2.29. The maximum absolute atomic E-state index is 10.9. The summed E-state index contributed by atoms with van der Waals surface area (Å²) in [7, 11) is 1.44. The van der Waals surface area contributed by atoms with Gasteiger partial charge in [0.05, 0.1) is 19.3 Å². The van der Waals surface area contributed by atoms with E-state index in [-0.39, 0.29) is 5.97 Å². The Hall–Kier alpha value is -1.09. The Kier molecular flexibility index (Phi) is 10.7. The summed E-state index contributed by atoms with van der Waals surface area (Å²) in [6.07, 6.45) is 20.6. The van der Waals surface area contributed by atoms with Crippen LogP contribution >= 0.6 is 0 Å². The number of rotatable bonds is 13. The zero-order chi connectivity index (χ0) is 16.0. The summed E-state index contributed by atoms with van der Waals surface area (Å²) in [5.41, 5.74) is 0. The van der Waals surface area contributed by atoms with Crippen molar-refractivity contribution < 1.29 is 14.3 Å². The Morgan fingerprint density at radius 3 is 2.09 bits per heavy atom. The topological polar surface area (TPSA) is 38.8 Å². The highest BCUT2D eigenvalue weighted by atomic mass is 16.6. The normalized spacial score (nSPS) is 20.8. The van der Waals surface area contributed by atoms with Crippen LogP contribution in [0.1, 0.15) is 71.1 Å². The number of epoxide rings is 1. The van der Waals surface area contributed by atoms with Crippen LogP contribution in [0, 0.1) is 0 Å². The highest BCUT2D eigenvalue weighted by Gasteiger charge is 2.35. The van der Waals surface area contributed by atoms with Crippen molar-refractivity contribution in [1.82, 2.24) is 0 Å². The first-order valence-corrected chi connectivity index (χ1v) is 8.80. The summed E-state index contributed by atoms with van der Waals surface area (Å²) in [5, 5.41) is 0. The molecule has 3 heteroatoms. The summed E-state index contributed by atoms with van der Waals surface area (Å²) >= 11 is 0. The third kappa shape index (κ3) is 9.78. The molecule has 1 saturated heterocycles. The largest absolute Gasteiger partial charge is 0.469 e. The molecule has 1 aliphatic rings. The summed E-state index contributed by atoms with van der Waals surface area (Å²) in [4.78, 5) is 10.9. The van der Waals surface area contributed by atoms with Crippen molar-refractivity contribution in [3.8, 4) is 0 Å². The Labute approximate surface area is 135 Å². The van der Waals surface area contributed by atoms with E-state index in [4.69, 9.17) is 4.74 Å². The number of hydrogen-bond donors (Lipinski definition) is 0. The third-order valence-electron chi connectivity index (χ3n) is 3.96. The quantitative estimate of drug-likeness (QED) is 0.209. The van der Waals surface area contributed by atoms with Crippen LogP contribution in [0.25, 0.3) is 0 Å². The molecular weight excluding hydrogens is 276 g/mol. The van der Waals surface area contributed by atoms with E-state index in [0.29, 0.717) is 18.6 Å². The van der Waals surface area contributed by atoms with E-state index < -0.39 is 0 Å². The molecule has 0 radical (unpaired) electrons. The molecule has 0 spiro atoms. The van der Waals surface area contributed by atoms with E-state index in [1.165, 1.54) is 32.8 Å². The fraction of sp³-hybridized carbons (Fsp3) is 0.737. The van der Waals surface area contributed by atoms with Gasteiger partial charge in [-0.05, 0) is 44.9 Å². The van der Waals surface area contributed by atoms with Gasteiger partial charge in [-0.15, -0.1) is 0 Å². The molecule has 0 aromatic carbocycles. The standard InChI is InChI=1S/C19H32O3/c1-3-4-5-6-8-11-14-17-18(22-17)15-12-9-7-10-13-16-19(20)21-2/h8-9,11-12,17-18H,3-7,10,13-16H2,1-2H3/b11-8-,12-9-/t17-,18+/m0/s1. The van der Waals surface area contributed by atoms with Crippen LogP contribution < -0.4 is 0 Å². The number of allylic oxidation sites excluding steroid dienone is 2. The Balaban J connectivity index is 1.90. The van der Waals surface area contributed by atoms with Crippen molar-refractivity contribution in [2.45, 2.75) is 83.3 Å². The van der Waals surface area contributed by atoms with Gasteiger partial charge in [0.2, 0.25) is 0 Å². The lowest BCUT2D eigenvalue weighted by Crippen LogP contribution is -1.98. The fourth-order valence-corrected chi connectivity index (χ4v) is 2.44. The minimum atomic E-state index is -0.110. The fourth-order valence-electron chi connectivity index (χ4n) is 2.44. The van der Waals surface area contributed by atoms with Crippen LogP contribution in [0.2, 0.25) is 0 Å². The van der Waals surface area contributed by atoms with Crippen LogP contribution in [-0.4, -0.2) is 25.3 Å². The number of esters is 1. The maximum atomic E-state index is 10.9. The van der Waals surface area contributed by atoms with Crippen molar-refractivity contribution in [3.05, 3.63) is 24.3 Å². The molecule has 0 aromatic heterocycles. The van der Waals surface area contributed by atoms with Crippen molar-refractivity contribution in [2.75, 3.05) is 7.11 Å².